The quantitative estimate of drug-likeness (QED) is 0.462. The number of thioether (sulfide) groups is 2. The second-order valence-corrected chi connectivity index (χ2v) is 10.4. The smallest absolute Gasteiger partial charge is 0.377 e. The Labute approximate surface area is 170 Å². The molecule has 3 fully saturated rings. The summed E-state index contributed by atoms with van der Waals surface area (Å²) in [5, 5.41) is -0.0151. The number of ether oxygens (including phenoxy) is 2. The fourth-order valence-electron chi connectivity index (χ4n) is 4.19. The number of cyclic esters (lactones) is 1. The van der Waals surface area contributed by atoms with Crippen molar-refractivity contribution in [3.63, 3.8) is 0 Å². The lowest BCUT2D eigenvalue weighted by Crippen LogP contribution is -2.51. The van der Waals surface area contributed by atoms with E-state index in [2.05, 4.69) is 0 Å². The third kappa shape index (κ3) is 4.84. The van der Waals surface area contributed by atoms with Crippen LogP contribution in [-0.2, 0) is 23.9 Å². The summed E-state index contributed by atoms with van der Waals surface area (Å²) in [6, 6.07) is 0. The number of hydrogen-bond acceptors (Lipinski definition) is 7. The van der Waals surface area contributed by atoms with Gasteiger partial charge in [-0.2, -0.15) is 11.8 Å². The number of esters is 2. The van der Waals surface area contributed by atoms with E-state index in [-0.39, 0.29) is 6.61 Å². The largest absolute Gasteiger partial charge is 0.463 e. The monoisotopic (exact) mass is 414 g/mol. The second kappa shape index (κ2) is 9.68. The topological polar surface area (TPSA) is 69.7 Å². The van der Waals surface area contributed by atoms with Crippen LogP contribution in [0.2, 0.25) is 0 Å². The van der Waals surface area contributed by atoms with Crippen LogP contribution in [-0.4, -0.2) is 51.4 Å². The molecule has 27 heavy (non-hydrogen) atoms. The molecule has 2 atom stereocenters. The molecule has 1 saturated heterocycles. The highest BCUT2D eigenvalue weighted by Crippen LogP contribution is 2.44. The molecule has 0 bridgehead atoms. The number of Topliss-reactive ketones (excluding diaryl/α,β-unsaturated/α-hetero) is 1. The van der Waals surface area contributed by atoms with Crippen molar-refractivity contribution in [1.29, 1.82) is 0 Å². The minimum atomic E-state index is -1.46. The molecular formula is C20H30O5S2. The van der Waals surface area contributed by atoms with E-state index in [1.165, 1.54) is 37.4 Å². The zero-order chi connectivity index (χ0) is 19.3. The molecule has 1 aliphatic heterocycles. The Morgan fingerprint density at radius 3 is 2.22 bits per heavy atom. The van der Waals surface area contributed by atoms with Gasteiger partial charge in [-0.25, -0.2) is 9.59 Å². The van der Waals surface area contributed by atoms with Crippen molar-refractivity contribution >= 4 is 41.2 Å². The van der Waals surface area contributed by atoms with Crippen molar-refractivity contribution in [2.45, 2.75) is 92.5 Å². The normalized spacial score (nSPS) is 30.3. The molecule has 7 heteroatoms. The summed E-state index contributed by atoms with van der Waals surface area (Å²) in [5.41, 5.74) is -1.46. The van der Waals surface area contributed by atoms with Crippen LogP contribution in [0.4, 0.5) is 0 Å². The first-order chi connectivity index (χ1) is 13.1. The minimum absolute atomic E-state index is 0.210. The lowest BCUT2D eigenvalue weighted by Gasteiger charge is -2.33. The number of carbonyl (C=O) groups is 3. The number of carbonyl (C=O) groups excluding carboxylic acids is 3. The fourth-order valence-corrected chi connectivity index (χ4v) is 7.45. The average molecular weight is 415 g/mol. The van der Waals surface area contributed by atoms with Gasteiger partial charge in [-0.15, -0.1) is 11.8 Å². The van der Waals surface area contributed by atoms with E-state index in [1.807, 2.05) is 0 Å². The predicted molar refractivity (Wildman–Crippen MR) is 108 cm³/mol. The Morgan fingerprint density at radius 1 is 1.04 bits per heavy atom. The highest BCUT2D eigenvalue weighted by molar-refractivity contribution is 8.02. The van der Waals surface area contributed by atoms with Crippen LogP contribution < -0.4 is 0 Å². The van der Waals surface area contributed by atoms with Gasteiger partial charge in [0.25, 0.3) is 5.78 Å². The second-order valence-electron chi connectivity index (χ2n) is 7.71. The highest BCUT2D eigenvalue weighted by atomic mass is 32.2. The Bertz CT molecular complexity index is 555. The molecule has 0 N–H and O–H groups in total. The molecule has 0 spiro atoms. The third-order valence-electron chi connectivity index (χ3n) is 5.73. The number of rotatable bonds is 7. The molecule has 2 aliphatic carbocycles. The van der Waals surface area contributed by atoms with Gasteiger partial charge in [-0.1, -0.05) is 38.5 Å². The van der Waals surface area contributed by atoms with Crippen LogP contribution in [0.5, 0.6) is 0 Å². The van der Waals surface area contributed by atoms with E-state index in [0.29, 0.717) is 16.3 Å². The van der Waals surface area contributed by atoms with Crippen LogP contribution in [0.15, 0.2) is 0 Å². The molecule has 0 aromatic rings. The van der Waals surface area contributed by atoms with Gasteiger partial charge in [-0.3, -0.25) is 4.79 Å². The van der Waals surface area contributed by atoms with E-state index >= 15 is 0 Å². The summed E-state index contributed by atoms with van der Waals surface area (Å²) >= 11 is 3.15. The Kier molecular flexibility index (Phi) is 7.54. The molecule has 3 aliphatic rings. The van der Waals surface area contributed by atoms with E-state index in [1.54, 1.807) is 18.7 Å². The van der Waals surface area contributed by atoms with E-state index in [0.717, 1.165) is 38.5 Å². The zero-order valence-corrected chi connectivity index (χ0v) is 17.7. The van der Waals surface area contributed by atoms with Crippen molar-refractivity contribution in [1.82, 2.24) is 0 Å². The van der Waals surface area contributed by atoms with Crippen LogP contribution in [0.25, 0.3) is 0 Å². The van der Waals surface area contributed by atoms with Crippen molar-refractivity contribution < 1.29 is 23.9 Å². The zero-order valence-electron chi connectivity index (χ0n) is 16.1. The minimum Gasteiger partial charge on any atom is -0.463 e. The highest BCUT2D eigenvalue weighted by Gasteiger charge is 2.62. The van der Waals surface area contributed by atoms with Gasteiger partial charge in [0.2, 0.25) is 5.60 Å². The molecule has 0 aromatic carbocycles. The molecule has 3 rings (SSSR count). The third-order valence-corrected chi connectivity index (χ3v) is 8.99. The lowest BCUT2D eigenvalue weighted by molar-refractivity contribution is -0.171. The molecule has 0 amide bonds. The van der Waals surface area contributed by atoms with E-state index in [9.17, 15) is 14.4 Å². The molecule has 5 nitrogen and oxygen atoms in total. The lowest BCUT2D eigenvalue weighted by atomic mass is 10.00. The van der Waals surface area contributed by atoms with E-state index in [4.69, 9.17) is 9.47 Å². The van der Waals surface area contributed by atoms with Gasteiger partial charge in [-0.05, 0) is 32.6 Å². The molecule has 2 saturated carbocycles. The average Bonchev–Trinajstić information content (AvgIpc) is 2.94. The first-order valence-electron chi connectivity index (χ1n) is 10.3. The Hall–Kier alpha value is -0.690. The maximum absolute atomic E-state index is 12.9. The molecule has 0 aromatic heterocycles. The maximum Gasteiger partial charge on any atom is 0.377 e. The SMILES string of the molecule is CCOC(=O)C1(CSC2CCCCC2)OC(=O)C(=O)C1SC1CCCCC1. The van der Waals surface area contributed by atoms with Gasteiger partial charge in [0.1, 0.15) is 5.25 Å². The van der Waals surface area contributed by atoms with Crippen molar-refractivity contribution in [2.24, 2.45) is 0 Å². The first-order valence-corrected chi connectivity index (χ1v) is 12.3. The Balaban J connectivity index is 1.79. The van der Waals surface area contributed by atoms with Crippen LogP contribution in [0.1, 0.15) is 71.1 Å². The molecule has 1 heterocycles. The van der Waals surface area contributed by atoms with Crippen LogP contribution in [0.3, 0.4) is 0 Å². The summed E-state index contributed by atoms with van der Waals surface area (Å²) < 4.78 is 10.8. The van der Waals surface area contributed by atoms with Gasteiger partial charge >= 0.3 is 11.9 Å². The summed E-state index contributed by atoms with van der Waals surface area (Å²) in [4.78, 5) is 37.7. The first kappa shape index (κ1) is 21.0. The number of ketones is 1. The summed E-state index contributed by atoms with van der Waals surface area (Å²) in [6.07, 6.45) is 11.4. The van der Waals surface area contributed by atoms with Gasteiger partial charge < -0.3 is 9.47 Å². The van der Waals surface area contributed by atoms with Crippen LogP contribution in [0, 0.1) is 0 Å². The fraction of sp³-hybridized carbons (Fsp3) is 0.850. The molecule has 0 radical (unpaired) electrons. The van der Waals surface area contributed by atoms with Crippen molar-refractivity contribution in [3.8, 4) is 0 Å². The van der Waals surface area contributed by atoms with Gasteiger partial charge in [0.15, 0.2) is 0 Å². The van der Waals surface area contributed by atoms with Crippen molar-refractivity contribution in [2.75, 3.05) is 12.4 Å². The summed E-state index contributed by atoms with van der Waals surface area (Å²) in [5.74, 6) is -1.68. The Morgan fingerprint density at radius 2 is 1.63 bits per heavy atom. The van der Waals surface area contributed by atoms with Gasteiger partial charge in [0.05, 0.1) is 6.61 Å². The predicted octanol–water partition coefficient (Wildman–Crippen LogP) is 3.91. The maximum atomic E-state index is 12.9. The molecule has 2 unspecified atom stereocenters. The molecule has 152 valence electrons. The van der Waals surface area contributed by atoms with Crippen molar-refractivity contribution in [3.05, 3.63) is 0 Å². The molecular weight excluding hydrogens is 384 g/mol. The standard InChI is InChI=1S/C20H30O5S2/c1-2-24-19(23)20(13-26-14-9-5-3-6-10-14)17(16(21)18(22)25-20)27-15-11-7-4-8-12-15/h14-15,17H,2-13H2,1H3. The van der Waals surface area contributed by atoms with Gasteiger partial charge in [0, 0.05) is 16.3 Å². The van der Waals surface area contributed by atoms with Crippen LogP contribution >= 0.6 is 23.5 Å². The van der Waals surface area contributed by atoms with E-state index < -0.39 is 28.6 Å². The summed E-state index contributed by atoms with van der Waals surface area (Å²) in [7, 11) is 0. The summed E-state index contributed by atoms with van der Waals surface area (Å²) in [6.45, 7) is 1.95. The number of hydrogen-bond donors (Lipinski definition) is 0.